The standard InChI is InChI=1S/C80H129N9O36/c1-47(90)87-68-74(120-56(10)99)71(117-53(7)96)59(41-114-50(4)93)123-77(68)111-35-17-14-23-62(102)81-29-20-32-84-65(105)26-38-108-44-80(13,45-109-39-27-66(106)85-33-21-30-82-63(103)24-15-18-36-112-78-69(88-48(2)91)75(121-57(11)100)72(118-54(8)97)60(124-78)42-115-51(5)94)46-110-40-28-67(107)86-34-22-31-83-64(104)25-16-19-37-113-79-70(89-49(3)92)76(122-58(12)101)73(119-55(9)98)61(125-79)43-116-52(6)95/h59-61,68-79H,14-46H2,1-13H3,(H,81,102)(H,82,103)(H,83,104)(H,84,105)(H,85,106)(H,86,107)(H,87,90)(H,88,91)(H,89,92)/t59-,60-,61-,68-,69-,70-,71+,72+,73+,74-,75-,76-,77-,78-,79-/m1/s1. The molecule has 0 aromatic heterocycles. The van der Waals surface area contributed by atoms with Gasteiger partial charge in [-0.2, -0.15) is 0 Å². The van der Waals surface area contributed by atoms with Crippen molar-refractivity contribution in [1.82, 2.24) is 47.9 Å². The highest BCUT2D eigenvalue weighted by Crippen LogP contribution is 2.32. The van der Waals surface area contributed by atoms with Crippen molar-refractivity contribution >= 4 is 107 Å². The van der Waals surface area contributed by atoms with Gasteiger partial charge in [-0.05, 0) is 57.8 Å². The maximum absolute atomic E-state index is 12.9. The number of carbonyl (C=O) groups is 18. The molecular weight excluding hydrogens is 1660 g/mol. The van der Waals surface area contributed by atoms with Gasteiger partial charge in [-0.3, -0.25) is 86.3 Å². The first kappa shape index (κ1) is 109. The third kappa shape index (κ3) is 47.9. The van der Waals surface area contributed by atoms with Crippen LogP contribution >= 0.6 is 0 Å². The summed E-state index contributed by atoms with van der Waals surface area (Å²) < 4.78 is 102. The van der Waals surface area contributed by atoms with Crippen LogP contribution in [0.4, 0.5) is 0 Å². The molecule has 9 N–H and O–H groups in total. The fourth-order valence-corrected chi connectivity index (χ4v) is 12.8. The third-order valence-corrected chi connectivity index (χ3v) is 18.2. The minimum atomic E-state index is -1.29. The van der Waals surface area contributed by atoms with Crippen LogP contribution in [0.2, 0.25) is 0 Å². The van der Waals surface area contributed by atoms with Gasteiger partial charge in [0.1, 0.15) is 56.3 Å². The zero-order valence-electron chi connectivity index (χ0n) is 73.7. The predicted molar refractivity (Wildman–Crippen MR) is 428 cm³/mol. The molecule has 0 aliphatic carbocycles. The van der Waals surface area contributed by atoms with E-state index < -0.39 is 189 Å². The van der Waals surface area contributed by atoms with E-state index in [0.717, 1.165) is 62.3 Å². The van der Waals surface area contributed by atoms with E-state index in [-0.39, 0.29) is 173 Å². The molecule has 710 valence electrons. The number of amides is 9. The highest BCUT2D eigenvalue weighted by Gasteiger charge is 2.54. The Balaban J connectivity index is 1.48. The maximum Gasteiger partial charge on any atom is 0.303 e. The molecule has 15 atom stereocenters. The van der Waals surface area contributed by atoms with E-state index in [4.69, 9.17) is 85.3 Å². The molecule has 3 rings (SSSR count). The van der Waals surface area contributed by atoms with Crippen molar-refractivity contribution in [3.05, 3.63) is 0 Å². The van der Waals surface area contributed by atoms with Crippen molar-refractivity contribution in [3.63, 3.8) is 0 Å². The maximum atomic E-state index is 12.9. The van der Waals surface area contributed by atoms with Crippen LogP contribution in [0, 0.1) is 5.41 Å². The van der Waals surface area contributed by atoms with Crippen LogP contribution in [0.3, 0.4) is 0 Å². The summed E-state index contributed by atoms with van der Waals surface area (Å²) in [6, 6.07) is -3.45. The van der Waals surface area contributed by atoms with E-state index in [9.17, 15) is 86.3 Å². The average Bonchev–Trinajstić information content (AvgIpc) is 0.796. The van der Waals surface area contributed by atoms with E-state index in [1.54, 1.807) is 6.92 Å². The van der Waals surface area contributed by atoms with E-state index in [2.05, 4.69) is 47.9 Å². The van der Waals surface area contributed by atoms with Crippen LogP contribution in [0.25, 0.3) is 0 Å². The predicted octanol–water partition coefficient (Wildman–Crippen LogP) is -1.39. The Morgan fingerprint density at radius 3 is 0.688 bits per heavy atom. The van der Waals surface area contributed by atoms with Gasteiger partial charge in [-0.25, -0.2) is 0 Å². The minimum absolute atomic E-state index is 0.00850. The fourth-order valence-electron chi connectivity index (χ4n) is 12.8. The number of carbonyl (C=O) groups excluding carboxylic acids is 18. The Hall–Kier alpha value is -9.90. The highest BCUT2D eigenvalue weighted by atomic mass is 16.7. The Morgan fingerprint density at radius 1 is 0.264 bits per heavy atom. The van der Waals surface area contributed by atoms with Gasteiger partial charge in [0.2, 0.25) is 53.2 Å². The molecule has 45 heteroatoms. The molecule has 0 aromatic carbocycles. The summed E-state index contributed by atoms with van der Waals surface area (Å²) in [4.78, 5) is 222. The first-order chi connectivity index (χ1) is 59.3. The normalized spacial score (nSPS) is 22.0. The molecule has 45 nitrogen and oxygen atoms in total. The first-order valence-corrected chi connectivity index (χ1v) is 41.7. The third-order valence-electron chi connectivity index (χ3n) is 18.2. The molecule has 9 amide bonds. The summed E-state index contributed by atoms with van der Waals surface area (Å²) in [5, 5.41) is 24.6. The zero-order valence-corrected chi connectivity index (χ0v) is 73.7. The number of ether oxygens (including phenoxy) is 18. The monoisotopic (exact) mass is 1790 g/mol. The largest absolute Gasteiger partial charge is 0.463 e. The smallest absolute Gasteiger partial charge is 0.303 e. The Labute approximate surface area is 725 Å². The summed E-state index contributed by atoms with van der Waals surface area (Å²) in [5.74, 6) is -9.96. The van der Waals surface area contributed by atoms with Crippen LogP contribution < -0.4 is 47.9 Å². The average molecular weight is 1790 g/mol. The van der Waals surface area contributed by atoms with Crippen LogP contribution in [-0.4, -0.2) is 317 Å². The SMILES string of the molecule is CC(=O)N[C@H]1[C@H](OCCCCC(=O)NCCCNC(=O)CCOCC(C)(COCCC(=O)NCCCNC(=O)CCCCO[C@@H]2O[C@H](COC(C)=O)[C@H](OC(C)=O)[C@H](OC(C)=O)[C@H]2NC(C)=O)COCCC(=O)NCCCNC(=O)CCCCO[C@@H]2O[C@H](COC(C)=O)[C@H](OC(C)=O)[C@H](OC(C)=O)[C@H]2NC(C)=O)O[C@H](COC(C)=O)[C@H](OC(C)=O)[C@@H]1OC(C)=O. The van der Waals surface area contributed by atoms with Gasteiger partial charge in [-0.15, -0.1) is 0 Å². The lowest BCUT2D eigenvalue weighted by Gasteiger charge is -2.44. The number of hydrogen-bond acceptors (Lipinski definition) is 36. The topological polar surface area (TPSA) is 582 Å². The molecule has 3 aliphatic rings. The molecule has 0 radical (unpaired) electrons. The van der Waals surface area contributed by atoms with Crippen molar-refractivity contribution in [2.24, 2.45) is 5.41 Å². The molecule has 0 spiro atoms. The first-order valence-electron chi connectivity index (χ1n) is 41.7. The van der Waals surface area contributed by atoms with Crippen LogP contribution in [0.5, 0.6) is 0 Å². The van der Waals surface area contributed by atoms with Gasteiger partial charge < -0.3 is 133 Å². The van der Waals surface area contributed by atoms with Crippen molar-refractivity contribution < 1.29 is 172 Å². The molecule has 3 heterocycles. The molecule has 3 saturated heterocycles. The summed E-state index contributed by atoms with van der Waals surface area (Å²) in [7, 11) is 0. The van der Waals surface area contributed by atoms with Gasteiger partial charge in [0.05, 0.1) is 39.6 Å². The highest BCUT2D eigenvalue weighted by molar-refractivity contribution is 5.79. The van der Waals surface area contributed by atoms with Crippen LogP contribution in [0.1, 0.15) is 186 Å². The van der Waals surface area contributed by atoms with Crippen molar-refractivity contribution in [3.8, 4) is 0 Å². The van der Waals surface area contributed by atoms with Gasteiger partial charge in [0, 0.05) is 186 Å². The van der Waals surface area contributed by atoms with Gasteiger partial charge in [0.15, 0.2) is 55.5 Å². The van der Waals surface area contributed by atoms with Gasteiger partial charge >= 0.3 is 53.7 Å². The summed E-state index contributed by atoms with van der Waals surface area (Å²) in [6.45, 7) is 16.0. The van der Waals surface area contributed by atoms with Crippen molar-refractivity contribution in [2.75, 3.05) is 119 Å². The second-order valence-electron chi connectivity index (χ2n) is 30.0. The van der Waals surface area contributed by atoms with Gasteiger partial charge in [0.25, 0.3) is 0 Å². The molecule has 3 aliphatic heterocycles. The lowest BCUT2D eigenvalue weighted by atomic mass is 9.94. The Kier molecular flexibility index (Phi) is 53.0. The summed E-state index contributed by atoms with van der Waals surface area (Å²) in [5.41, 5.74) is -0.855. The quantitative estimate of drug-likeness (QED) is 0.0192. The summed E-state index contributed by atoms with van der Waals surface area (Å²) in [6.07, 6.45) is -11.5. The summed E-state index contributed by atoms with van der Waals surface area (Å²) >= 11 is 0. The molecule has 0 aromatic rings. The number of esters is 9. The van der Waals surface area contributed by atoms with E-state index in [0.29, 0.717) is 57.8 Å². The zero-order chi connectivity index (χ0) is 93.0. The van der Waals surface area contributed by atoms with E-state index in [1.807, 2.05) is 0 Å². The van der Waals surface area contributed by atoms with Gasteiger partial charge in [-0.1, -0.05) is 6.92 Å². The van der Waals surface area contributed by atoms with Crippen LogP contribution in [0.15, 0.2) is 0 Å². The fraction of sp³-hybridized carbons (Fsp3) is 0.775. The Bertz CT molecular complexity index is 3140. The van der Waals surface area contributed by atoms with Crippen LogP contribution in [-0.2, 0) is 172 Å². The Morgan fingerprint density at radius 2 is 0.480 bits per heavy atom. The number of unbranched alkanes of at least 4 members (excludes halogenated alkanes) is 3. The molecule has 0 bridgehead atoms. The molecule has 3 fully saturated rings. The van der Waals surface area contributed by atoms with E-state index in [1.165, 1.54) is 20.8 Å². The van der Waals surface area contributed by atoms with Crippen molar-refractivity contribution in [1.29, 1.82) is 0 Å². The van der Waals surface area contributed by atoms with E-state index >= 15 is 0 Å². The lowest BCUT2D eigenvalue weighted by Crippen LogP contribution is -2.66. The lowest BCUT2D eigenvalue weighted by molar-refractivity contribution is -0.277. The molecule has 0 unspecified atom stereocenters. The second kappa shape index (κ2) is 60.7. The number of rotatable bonds is 60. The number of hydrogen-bond donors (Lipinski definition) is 9. The second-order valence-corrected chi connectivity index (χ2v) is 30.0. The molecule has 125 heavy (non-hydrogen) atoms. The number of nitrogens with one attached hydrogen (secondary N) is 9. The molecule has 0 saturated carbocycles. The molecular formula is C80H129N9O36. The minimum Gasteiger partial charge on any atom is -0.463 e. The van der Waals surface area contributed by atoms with Crippen molar-refractivity contribution in [2.45, 2.75) is 278 Å².